The number of fused-ring (bicyclic) bond motifs is 1. The lowest BCUT2D eigenvalue weighted by Crippen LogP contribution is -2.30. The maximum Gasteiger partial charge on any atom is 0.263 e. The van der Waals surface area contributed by atoms with Gasteiger partial charge >= 0.3 is 0 Å². The Balaban J connectivity index is 1.66. The monoisotopic (exact) mass is 332 g/mol. The van der Waals surface area contributed by atoms with Crippen molar-refractivity contribution in [1.82, 2.24) is 15.3 Å². The first kappa shape index (κ1) is 14.6. The predicted molar refractivity (Wildman–Crippen MR) is 87.3 cm³/mol. The number of aromatic nitrogens is 2. The summed E-state index contributed by atoms with van der Waals surface area (Å²) in [5.74, 6) is 0.651. The van der Waals surface area contributed by atoms with Crippen LogP contribution in [0.2, 0.25) is 0 Å². The molecular weight excluding hydrogens is 315 g/mol. The highest BCUT2D eigenvalue weighted by atomic mass is 32.1. The van der Waals surface area contributed by atoms with Crippen LogP contribution in [0.5, 0.6) is 0 Å². The normalized spacial score (nSPS) is 20.5. The van der Waals surface area contributed by atoms with E-state index in [9.17, 15) is 9.18 Å². The summed E-state index contributed by atoms with van der Waals surface area (Å²) in [4.78, 5) is 23.1. The van der Waals surface area contributed by atoms with Gasteiger partial charge in [-0.3, -0.25) is 4.79 Å². The summed E-state index contributed by atoms with van der Waals surface area (Å²) in [5, 5.41) is 3.31. The second-order valence-electron chi connectivity index (χ2n) is 6.15. The predicted octanol–water partition coefficient (Wildman–Crippen LogP) is 2.48. The summed E-state index contributed by atoms with van der Waals surface area (Å²) in [6.07, 6.45) is 1.80. The molecule has 2 aliphatic rings. The number of thiazole rings is 1. The molecule has 0 aliphatic carbocycles. The second-order valence-corrected chi connectivity index (χ2v) is 7.15. The van der Waals surface area contributed by atoms with Crippen LogP contribution in [0.1, 0.15) is 28.7 Å². The number of pyridine rings is 1. The van der Waals surface area contributed by atoms with Crippen LogP contribution in [0, 0.1) is 11.9 Å². The summed E-state index contributed by atoms with van der Waals surface area (Å²) >= 11 is 1.23. The van der Waals surface area contributed by atoms with Gasteiger partial charge in [-0.15, -0.1) is 11.3 Å². The number of nitrogens with zero attached hydrogens (tertiary/aromatic N) is 3. The molecule has 1 amide bonds. The third-order valence-corrected chi connectivity index (χ3v) is 5.49. The topological polar surface area (TPSA) is 58.1 Å². The Bertz CT molecular complexity index is 775. The standard InChI is InChI=1S/C16H17FN4OS/c1-9-5-7-21(8-9)12-3-2-10(14(17)20-12)16-19-11-4-6-18-15(22)13(11)23-16/h2-3,9H,4-8H2,1H3,(H,18,22)/t9-/m0/s1. The van der Waals surface area contributed by atoms with Crippen molar-refractivity contribution in [3.63, 3.8) is 0 Å². The summed E-state index contributed by atoms with van der Waals surface area (Å²) in [6.45, 7) is 4.61. The summed E-state index contributed by atoms with van der Waals surface area (Å²) < 4.78 is 14.5. The van der Waals surface area contributed by atoms with Crippen LogP contribution in [0.25, 0.3) is 10.6 Å². The van der Waals surface area contributed by atoms with E-state index in [4.69, 9.17) is 0 Å². The fourth-order valence-corrected chi connectivity index (χ4v) is 4.13. The van der Waals surface area contributed by atoms with Gasteiger partial charge in [0, 0.05) is 26.1 Å². The molecule has 4 heterocycles. The highest BCUT2D eigenvalue weighted by Crippen LogP contribution is 2.32. The molecule has 2 aromatic rings. The van der Waals surface area contributed by atoms with E-state index in [0.29, 0.717) is 40.1 Å². The van der Waals surface area contributed by atoms with Gasteiger partial charge in [-0.05, 0) is 24.5 Å². The quantitative estimate of drug-likeness (QED) is 0.859. The van der Waals surface area contributed by atoms with E-state index < -0.39 is 5.95 Å². The molecule has 1 saturated heterocycles. The van der Waals surface area contributed by atoms with Crippen molar-refractivity contribution in [2.45, 2.75) is 19.8 Å². The van der Waals surface area contributed by atoms with Gasteiger partial charge in [-0.25, -0.2) is 9.97 Å². The summed E-state index contributed by atoms with van der Waals surface area (Å²) in [6, 6.07) is 3.57. The number of nitrogens with one attached hydrogen (secondary N) is 1. The Hall–Kier alpha value is -2.02. The Kier molecular flexibility index (Phi) is 3.52. The highest BCUT2D eigenvalue weighted by Gasteiger charge is 2.25. The lowest BCUT2D eigenvalue weighted by molar-refractivity contribution is 0.0950. The molecule has 4 rings (SSSR count). The SMILES string of the molecule is C[C@H]1CCN(c2ccc(-c3nc4c(s3)C(=O)NCC4)c(F)n2)C1. The minimum absolute atomic E-state index is 0.119. The van der Waals surface area contributed by atoms with Crippen LogP contribution in [-0.2, 0) is 6.42 Å². The number of carbonyl (C=O) groups is 1. The molecule has 0 saturated carbocycles. The second kappa shape index (κ2) is 5.56. The van der Waals surface area contributed by atoms with Crippen molar-refractivity contribution in [3.8, 4) is 10.6 Å². The van der Waals surface area contributed by atoms with Crippen molar-refractivity contribution in [3.05, 3.63) is 28.7 Å². The summed E-state index contributed by atoms with van der Waals surface area (Å²) in [7, 11) is 0. The number of carbonyl (C=O) groups excluding carboxylic acids is 1. The molecule has 0 bridgehead atoms. The number of amides is 1. The number of hydrogen-bond donors (Lipinski definition) is 1. The average molecular weight is 332 g/mol. The Morgan fingerprint density at radius 1 is 1.39 bits per heavy atom. The molecule has 5 nitrogen and oxygen atoms in total. The zero-order chi connectivity index (χ0) is 16.0. The van der Waals surface area contributed by atoms with Gasteiger partial charge in [0.25, 0.3) is 5.91 Å². The van der Waals surface area contributed by atoms with Gasteiger partial charge in [0.05, 0.1) is 11.3 Å². The van der Waals surface area contributed by atoms with E-state index in [0.717, 1.165) is 25.2 Å². The van der Waals surface area contributed by atoms with Gasteiger partial charge in [0.1, 0.15) is 15.7 Å². The van der Waals surface area contributed by atoms with Crippen molar-refractivity contribution in [1.29, 1.82) is 0 Å². The Labute approximate surface area is 137 Å². The van der Waals surface area contributed by atoms with Gasteiger partial charge in [-0.1, -0.05) is 6.92 Å². The molecule has 1 atom stereocenters. The lowest BCUT2D eigenvalue weighted by Gasteiger charge is -2.17. The molecule has 120 valence electrons. The first-order chi connectivity index (χ1) is 11.1. The zero-order valence-electron chi connectivity index (χ0n) is 12.8. The third-order valence-electron chi connectivity index (χ3n) is 4.36. The minimum atomic E-state index is -0.520. The van der Waals surface area contributed by atoms with E-state index in [-0.39, 0.29) is 5.91 Å². The fourth-order valence-electron chi connectivity index (χ4n) is 3.09. The largest absolute Gasteiger partial charge is 0.356 e. The van der Waals surface area contributed by atoms with Crippen LogP contribution in [0.15, 0.2) is 12.1 Å². The fraction of sp³-hybridized carbons (Fsp3) is 0.438. The first-order valence-electron chi connectivity index (χ1n) is 7.81. The molecular formula is C16H17FN4OS. The molecule has 23 heavy (non-hydrogen) atoms. The Morgan fingerprint density at radius 2 is 2.26 bits per heavy atom. The van der Waals surface area contributed by atoms with Gasteiger partial charge in [0.15, 0.2) is 0 Å². The number of rotatable bonds is 2. The van der Waals surface area contributed by atoms with Gasteiger partial charge in [0.2, 0.25) is 5.95 Å². The number of anilines is 1. The maximum atomic E-state index is 14.5. The third kappa shape index (κ3) is 2.59. The van der Waals surface area contributed by atoms with E-state index in [1.165, 1.54) is 11.3 Å². The van der Waals surface area contributed by atoms with Crippen LogP contribution in [-0.4, -0.2) is 35.5 Å². The molecule has 1 fully saturated rings. The molecule has 2 aromatic heterocycles. The molecule has 0 spiro atoms. The van der Waals surface area contributed by atoms with Crippen molar-refractivity contribution >= 4 is 23.1 Å². The van der Waals surface area contributed by atoms with E-state index in [2.05, 4.69) is 27.1 Å². The van der Waals surface area contributed by atoms with Crippen LogP contribution < -0.4 is 10.2 Å². The van der Waals surface area contributed by atoms with Crippen LogP contribution in [0.3, 0.4) is 0 Å². The first-order valence-corrected chi connectivity index (χ1v) is 8.63. The maximum absolute atomic E-state index is 14.5. The van der Waals surface area contributed by atoms with Crippen LogP contribution in [0.4, 0.5) is 10.2 Å². The molecule has 7 heteroatoms. The zero-order valence-corrected chi connectivity index (χ0v) is 13.6. The minimum Gasteiger partial charge on any atom is -0.356 e. The van der Waals surface area contributed by atoms with Crippen molar-refractivity contribution < 1.29 is 9.18 Å². The average Bonchev–Trinajstić information content (AvgIpc) is 3.14. The molecule has 0 radical (unpaired) electrons. The van der Waals surface area contributed by atoms with Gasteiger partial charge < -0.3 is 10.2 Å². The molecule has 2 aliphatic heterocycles. The highest BCUT2D eigenvalue weighted by molar-refractivity contribution is 7.17. The van der Waals surface area contributed by atoms with Crippen molar-refractivity contribution in [2.24, 2.45) is 5.92 Å². The molecule has 0 aromatic carbocycles. The van der Waals surface area contributed by atoms with Crippen molar-refractivity contribution in [2.75, 3.05) is 24.5 Å². The Morgan fingerprint density at radius 3 is 2.96 bits per heavy atom. The number of halogens is 1. The van der Waals surface area contributed by atoms with E-state index in [1.54, 1.807) is 6.07 Å². The lowest BCUT2D eigenvalue weighted by atomic mass is 10.2. The van der Waals surface area contributed by atoms with Gasteiger partial charge in [-0.2, -0.15) is 4.39 Å². The summed E-state index contributed by atoms with van der Waals surface area (Å²) in [5.41, 5.74) is 1.12. The van der Waals surface area contributed by atoms with E-state index >= 15 is 0 Å². The number of hydrogen-bond acceptors (Lipinski definition) is 5. The van der Waals surface area contributed by atoms with Crippen LogP contribution >= 0.6 is 11.3 Å². The van der Waals surface area contributed by atoms with E-state index in [1.807, 2.05) is 6.07 Å². The smallest absolute Gasteiger partial charge is 0.263 e. The molecule has 0 unspecified atom stereocenters. The molecule has 1 N–H and O–H groups in total.